The van der Waals surface area contributed by atoms with Gasteiger partial charge in [0, 0.05) is 5.56 Å². The van der Waals surface area contributed by atoms with Gasteiger partial charge in [-0.05, 0) is 31.2 Å². The fraction of sp³-hybridized carbons (Fsp3) is 0.333. The molecule has 0 fully saturated rings. The summed E-state index contributed by atoms with van der Waals surface area (Å²) in [6.45, 7) is 3.36. The quantitative estimate of drug-likeness (QED) is 0.832. The molecule has 0 aliphatic rings. The van der Waals surface area contributed by atoms with Crippen LogP contribution in [0.2, 0.25) is 0 Å². The number of nitrogens with one attached hydrogen (secondary N) is 1. The lowest BCUT2D eigenvalue weighted by Crippen LogP contribution is -2.13. The van der Waals surface area contributed by atoms with Crippen LogP contribution < -0.4 is 5.32 Å². The van der Waals surface area contributed by atoms with Crippen LogP contribution in [0.25, 0.3) is 11.5 Å². The third-order valence-electron chi connectivity index (χ3n) is 2.34. The maximum atomic E-state index is 13.0. The summed E-state index contributed by atoms with van der Waals surface area (Å²) in [5, 5.41) is 10.7. The van der Waals surface area contributed by atoms with Crippen molar-refractivity contribution in [2.45, 2.75) is 19.9 Å². The first-order valence-corrected chi connectivity index (χ1v) is 5.69. The summed E-state index contributed by atoms with van der Waals surface area (Å²) >= 11 is 0. The lowest BCUT2D eigenvalue weighted by Gasteiger charge is -1.97. The highest BCUT2D eigenvalue weighted by Gasteiger charge is 2.10. The monoisotopic (exact) mass is 253 g/mol. The minimum atomic E-state index is -0.934. The molecule has 0 saturated heterocycles. The molecule has 0 radical (unpaired) electrons. The Morgan fingerprint density at radius 3 is 2.78 bits per heavy atom. The van der Waals surface area contributed by atoms with E-state index in [1.807, 2.05) is 6.92 Å². The molecule has 1 aromatic heterocycles. The summed E-state index contributed by atoms with van der Waals surface area (Å²) in [5.41, 5.74) is 0.364. The van der Waals surface area contributed by atoms with E-state index >= 15 is 0 Å². The number of aromatic nitrogens is 2. The fourth-order valence-corrected chi connectivity index (χ4v) is 1.44. The molecule has 18 heavy (non-hydrogen) atoms. The van der Waals surface area contributed by atoms with Gasteiger partial charge in [-0.25, -0.2) is 8.78 Å². The van der Waals surface area contributed by atoms with E-state index in [1.165, 1.54) is 6.07 Å². The Balaban J connectivity index is 2.11. The molecule has 0 spiro atoms. The Kier molecular flexibility index (Phi) is 3.99. The number of hydrogen-bond donors (Lipinski definition) is 1. The van der Waals surface area contributed by atoms with E-state index in [0.29, 0.717) is 18.0 Å². The van der Waals surface area contributed by atoms with Crippen LogP contribution in [-0.4, -0.2) is 16.7 Å². The summed E-state index contributed by atoms with van der Waals surface area (Å²) in [6, 6.07) is 3.46. The van der Waals surface area contributed by atoms with Gasteiger partial charge in [0.1, 0.15) is 0 Å². The van der Waals surface area contributed by atoms with E-state index < -0.39 is 11.6 Å². The lowest BCUT2D eigenvalue weighted by molar-refractivity contribution is 0.476. The second-order valence-corrected chi connectivity index (χ2v) is 3.81. The van der Waals surface area contributed by atoms with Gasteiger partial charge < -0.3 is 9.73 Å². The second-order valence-electron chi connectivity index (χ2n) is 3.81. The molecule has 6 heteroatoms. The number of benzene rings is 1. The summed E-state index contributed by atoms with van der Waals surface area (Å²) in [5.74, 6) is -1.23. The standard InChI is InChI=1S/C12H13F2N3O/c1-2-5-15-7-11-16-17-12(18-11)8-3-4-9(13)10(14)6-8/h3-4,6,15H,2,5,7H2,1H3. The van der Waals surface area contributed by atoms with Crippen LogP contribution in [0.5, 0.6) is 0 Å². The van der Waals surface area contributed by atoms with Crippen LogP contribution in [0.3, 0.4) is 0 Å². The van der Waals surface area contributed by atoms with Gasteiger partial charge in [-0.3, -0.25) is 0 Å². The van der Waals surface area contributed by atoms with Crippen LogP contribution in [0.15, 0.2) is 22.6 Å². The largest absolute Gasteiger partial charge is 0.419 e. The number of halogens is 2. The normalized spacial score (nSPS) is 10.8. The number of rotatable bonds is 5. The zero-order chi connectivity index (χ0) is 13.0. The molecule has 96 valence electrons. The fourth-order valence-electron chi connectivity index (χ4n) is 1.44. The van der Waals surface area contributed by atoms with E-state index in [-0.39, 0.29) is 5.89 Å². The van der Waals surface area contributed by atoms with Crippen molar-refractivity contribution in [3.05, 3.63) is 35.7 Å². The molecule has 1 aromatic carbocycles. The van der Waals surface area contributed by atoms with Crippen LogP contribution in [-0.2, 0) is 6.54 Å². The highest BCUT2D eigenvalue weighted by molar-refractivity contribution is 5.52. The SMILES string of the molecule is CCCNCc1nnc(-c2ccc(F)c(F)c2)o1. The van der Waals surface area contributed by atoms with E-state index in [1.54, 1.807) is 0 Å². The third-order valence-corrected chi connectivity index (χ3v) is 2.34. The van der Waals surface area contributed by atoms with Crippen molar-refractivity contribution < 1.29 is 13.2 Å². The molecule has 0 amide bonds. The Bertz CT molecular complexity index is 528. The molecule has 0 bridgehead atoms. The molecule has 2 aromatic rings. The van der Waals surface area contributed by atoms with Crippen LogP contribution in [0.4, 0.5) is 8.78 Å². The van der Waals surface area contributed by atoms with E-state index in [4.69, 9.17) is 4.42 Å². The Hall–Kier alpha value is -1.82. The molecular formula is C12H13F2N3O. The molecule has 0 aliphatic heterocycles. The van der Waals surface area contributed by atoms with Crippen LogP contribution in [0, 0.1) is 11.6 Å². The zero-order valence-corrected chi connectivity index (χ0v) is 9.91. The average molecular weight is 253 g/mol. The van der Waals surface area contributed by atoms with Crippen molar-refractivity contribution in [3.63, 3.8) is 0 Å². The molecule has 0 unspecified atom stereocenters. The van der Waals surface area contributed by atoms with Gasteiger partial charge in [0.2, 0.25) is 11.8 Å². The first-order valence-electron chi connectivity index (χ1n) is 5.69. The molecule has 1 N–H and O–H groups in total. The van der Waals surface area contributed by atoms with E-state index in [9.17, 15) is 8.78 Å². The minimum Gasteiger partial charge on any atom is -0.419 e. The van der Waals surface area contributed by atoms with Gasteiger partial charge in [0.15, 0.2) is 11.6 Å². The summed E-state index contributed by atoms with van der Waals surface area (Å²) in [4.78, 5) is 0. The van der Waals surface area contributed by atoms with Crippen LogP contribution >= 0.6 is 0 Å². The van der Waals surface area contributed by atoms with Crippen molar-refractivity contribution in [3.8, 4) is 11.5 Å². The molecule has 0 aliphatic carbocycles. The molecule has 1 heterocycles. The molecule has 0 atom stereocenters. The van der Waals surface area contributed by atoms with Gasteiger partial charge >= 0.3 is 0 Å². The van der Waals surface area contributed by atoms with Crippen molar-refractivity contribution in [1.82, 2.24) is 15.5 Å². The number of nitrogens with zero attached hydrogens (tertiary/aromatic N) is 2. The maximum absolute atomic E-state index is 13.0. The van der Waals surface area contributed by atoms with Gasteiger partial charge in [-0.2, -0.15) is 0 Å². The Morgan fingerprint density at radius 1 is 1.22 bits per heavy atom. The summed E-state index contributed by atoms with van der Waals surface area (Å²) < 4.78 is 31.2. The predicted molar refractivity (Wildman–Crippen MR) is 61.6 cm³/mol. The van der Waals surface area contributed by atoms with Crippen molar-refractivity contribution in [1.29, 1.82) is 0 Å². The van der Waals surface area contributed by atoms with E-state index in [2.05, 4.69) is 15.5 Å². The topological polar surface area (TPSA) is 51.0 Å². The average Bonchev–Trinajstić information content (AvgIpc) is 2.82. The molecule has 0 saturated carbocycles. The summed E-state index contributed by atoms with van der Waals surface area (Å²) in [6.07, 6.45) is 1.00. The maximum Gasteiger partial charge on any atom is 0.247 e. The van der Waals surface area contributed by atoms with Gasteiger partial charge in [0.05, 0.1) is 6.54 Å². The van der Waals surface area contributed by atoms with Crippen molar-refractivity contribution in [2.24, 2.45) is 0 Å². The number of hydrogen-bond acceptors (Lipinski definition) is 4. The highest BCUT2D eigenvalue weighted by Crippen LogP contribution is 2.20. The third kappa shape index (κ3) is 2.89. The molecular weight excluding hydrogens is 240 g/mol. The van der Waals surface area contributed by atoms with Crippen molar-refractivity contribution in [2.75, 3.05) is 6.54 Å². The van der Waals surface area contributed by atoms with Crippen molar-refractivity contribution >= 4 is 0 Å². The van der Waals surface area contributed by atoms with Gasteiger partial charge in [0.25, 0.3) is 0 Å². The van der Waals surface area contributed by atoms with Crippen LogP contribution in [0.1, 0.15) is 19.2 Å². The van der Waals surface area contributed by atoms with Gasteiger partial charge in [-0.1, -0.05) is 6.92 Å². The predicted octanol–water partition coefficient (Wildman–Crippen LogP) is 2.51. The zero-order valence-electron chi connectivity index (χ0n) is 9.91. The lowest BCUT2D eigenvalue weighted by atomic mass is 10.2. The molecule has 2 rings (SSSR count). The minimum absolute atomic E-state index is 0.183. The summed E-state index contributed by atoms with van der Waals surface area (Å²) in [7, 11) is 0. The first-order chi connectivity index (χ1) is 8.70. The first kappa shape index (κ1) is 12.6. The highest BCUT2D eigenvalue weighted by atomic mass is 19.2. The van der Waals surface area contributed by atoms with E-state index in [0.717, 1.165) is 25.1 Å². The Labute approximate surface area is 103 Å². The smallest absolute Gasteiger partial charge is 0.247 e. The Morgan fingerprint density at radius 2 is 2.06 bits per heavy atom. The molecule has 4 nitrogen and oxygen atoms in total. The van der Waals surface area contributed by atoms with Gasteiger partial charge in [-0.15, -0.1) is 10.2 Å². The second kappa shape index (κ2) is 5.68.